The van der Waals surface area contributed by atoms with Gasteiger partial charge in [0.1, 0.15) is 6.04 Å². The SMILES string of the molecule is CCCNC(=O)[C@H](C)N(Cc1cccc(Cl)c1)C(=O)CCc1ccccc1Cl. The first-order chi connectivity index (χ1) is 13.4. The molecule has 6 heteroatoms. The molecule has 2 amide bonds. The van der Waals surface area contributed by atoms with Gasteiger partial charge in [-0.25, -0.2) is 0 Å². The Kier molecular flexibility index (Phi) is 8.81. The zero-order valence-corrected chi connectivity index (χ0v) is 17.8. The van der Waals surface area contributed by atoms with E-state index in [4.69, 9.17) is 23.2 Å². The fourth-order valence-electron chi connectivity index (χ4n) is 2.90. The minimum absolute atomic E-state index is 0.0981. The van der Waals surface area contributed by atoms with Gasteiger partial charge in [-0.2, -0.15) is 0 Å². The lowest BCUT2D eigenvalue weighted by molar-refractivity contribution is -0.140. The molecule has 0 aliphatic heterocycles. The van der Waals surface area contributed by atoms with E-state index in [9.17, 15) is 9.59 Å². The summed E-state index contributed by atoms with van der Waals surface area (Å²) < 4.78 is 0. The van der Waals surface area contributed by atoms with Crippen molar-refractivity contribution in [2.75, 3.05) is 6.54 Å². The maximum absolute atomic E-state index is 13.0. The van der Waals surface area contributed by atoms with Crippen molar-refractivity contribution >= 4 is 35.0 Å². The van der Waals surface area contributed by atoms with Crippen molar-refractivity contribution in [3.8, 4) is 0 Å². The Morgan fingerprint density at radius 1 is 1.11 bits per heavy atom. The molecule has 1 N–H and O–H groups in total. The van der Waals surface area contributed by atoms with E-state index in [-0.39, 0.29) is 18.2 Å². The number of carbonyl (C=O) groups excluding carboxylic acids is 2. The zero-order valence-electron chi connectivity index (χ0n) is 16.3. The Labute approximate surface area is 176 Å². The molecule has 0 radical (unpaired) electrons. The summed E-state index contributed by atoms with van der Waals surface area (Å²) in [5.41, 5.74) is 1.80. The highest BCUT2D eigenvalue weighted by Crippen LogP contribution is 2.19. The number of aryl methyl sites for hydroxylation is 1. The van der Waals surface area contributed by atoms with Crippen molar-refractivity contribution < 1.29 is 9.59 Å². The number of rotatable bonds is 9. The lowest BCUT2D eigenvalue weighted by atomic mass is 10.1. The van der Waals surface area contributed by atoms with Gasteiger partial charge in [-0.15, -0.1) is 0 Å². The third-order valence-corrected chi connectivity index (χ3v) is 5.13. The summed E-state index contributed by atoms with van der Waals surface area (Å²) in [4.78, 5) is 27.1. The molecule has 2 rings (SSSR count). The molecule has 2 aromatic rings. The van der Waals surface area contributed by atoms with Gasteiger partial charge in [0.25, 0.3) is 0 Å². The highest BCUT2D eigenvalue weighted by Gasteiger charge is 2.25. The molecule has 0 aromatic heterocycles. The molecule has 0 aliphatic rings. The van der Waals surface area contributed by atoms with Gasteiger partial charge in [0.2, 0.25) is 11.8 Å². The molecule has 28 heavy (non-hydrogen) atoms. The minimum atomic E-state index is -0.579. The number of amides is 2. The lowest BCUT2D eigenvalue weighted by Crippen LogP contribution is -2.47. The number of halogens is 2. The lowest BCUT2D eigenvalue weighted by Gasteiger charge is -2.29. The molecule has 4 nitrogen and oxygen atoms in total. The van der Waals surface area contributed by atoms with Crippen LogP contribution in [0, 0.1) is 0 Å². The Morgan fingerprint density at radius 3 is 2.54 bits per heavy atom. The summed E-state index contributed by atoms with van der Waals surface area (Å²) in [6.45, 7) is 4.65. The van der Waals surface area contributed by atoms with Crippen molar-refractivity contribution in [3.63, 3.8) is 0 Å². The molecular formula is C22H26Cl2N2O2. The van der Waals surface area contributed by atoms with Gasteiger partial charge >= 0.3 is 0 Å². The van der Waals surface area contributed by atoms with E-state index in [1.54, 1.807) is 17.9 Å². The molecule has 0 spiro atoms. The molecule has 0 unspecified atom stereocenters. The van der Waals surface area contributed by atoms with E-state index < -0.39 is 6.04 Å². The summed E-state index contributed by atoms with van der Waals surface area (Å²) in [7, 11) is 0. The molecule has 1 atom stereocenters. The third kappa shape index (κ3) is 6.54. The van der Waals surface area contributed by atoms with Crippen molar-refractivity contribution in [1.29, 1.82) is 0 Å². The molecule has 0 saturated heterocycles. The van der Waals surface area contributed by atoms with E-state index in [0.29, 0.717) is 29.6 Å². The van der Waals surface area contributed by atoms with Crippen LogP contribution in [0.15, 0.2) is 48.5 Å². The molecule has 0 aliphatic carbocycles. The summed E-state index contributed by atoms with van der Waals surface area (Å²) in [5.74, 6) is -0.256. The van der Waals surface area contributed by atoms with E-state index in [0.717, 1.165) is 17.5 Å². The van der Waals surface area contributed by atoms with Crippen LogP contribution >= 0.6 is 23.2 Å². The number of hydrogen-bond acceptors (Lipinski definition) is 2. The maximum atomic E-state index is 13.0. The summed E-state index contributed by atoms with van der Waals surface area (Å²) in [6, 6.07) is 14.2. The van der Waals surface area contributed by atoms with Crippen LogP contribution in [0.25, 0.3) is 0 Å². The first-order valence-corrected chi connectivity index (χ1v) is 10.2. The number of nitrogens with zero attached hydrogens (tertiary/aromatic N) is 1. The zero-order chi connectivity index (χ0) is 20.5. The first kappa shape index (κ1) is 22.3. The third-order valence-electron chi connectivity index (χ3n) is 4.52. The fourth-order valence-corrected chi connectivity index (χ4v) is 3.34. The minimum Gasteiger partial charge on any atom is -0.354 e. The highest BCUT2D eigenvalue weighted by atomic mass is 35.5. The molecular weight excluding hydrogens is 395 g/mol. The highest BCUT2D eigenvalue weighted by molar-refractivity contribution is 6.31. The molecule has 2 aromatic carbocycles. The Bertz CT molecular complexity index is 811. The molecule has 0 heterocycles. The Balaban J connectivity index is 2.14. The van der Waals surface area contributed by atoms with Gasteiger partial charge in [0.05, 0.1) is 0 Å². The van der Waals surface area contributed by atoms with Gasteiger partial charge in [-0.1, -0.05) is 60.5 Å². The van der Waals surface area contributed by atoms with Crippen LogP contribution in [-0.4, -0.2) is 29.3 Å². The van der Waals surface area contributed by atoms with Crippen molar-refractivity contribution in [3.05, 3.63) is 69.7 Å². The number of benzene rings is 2. The predicted molar refractivity (Wildman–Crippen MR) is 115 cm³/mol. The smallest absolute Gasteiger partial charge is 0.242 e. The predicted octanol–water partition coefficient (Wildman–Crippen LogP) is 4.87. The van der Waals surface area contributed by atoms with Crippen LogP contribution in [0.5, 0.6) is 0 Å². The van der Waals surface area contributed by atoms with Crippen LogP contribution in [0.4, 0.5) is 0 Å². The van der Waals surface area contributed by atoms with Crippen LogP contribution < -0.4 is 5.32 Å². The number of hydrogen-bond donors (Lipinski definition) is 1. The fraction of sp³-hybridized carbons (Fsp3) is 0.364. The van der Waals surface area contributed by atoms with E-state index >= 15 is 0 Å². The normalized spacial score (nSPS) is 11.7. The van der Waals surface area contributed by atoms with Gasteiger partial charge in [-0.3, -0.25) is 9.59 Å². The van der Waals surface area contributed by atoms with Gasteiger partial charge in [0, 0.05) is 29.6 Å². The van der Waals surface area contributed by atoms with Crippen molar-refractivity contribution in [2.24, 2.45) is 0 Å². The molecule has 150 valence electrons. The van der Waals surface area contributed by atoms with Gasteiger partial charge in [0.15, 0.2) is 0 Å². The molecule has 0 saturated carbocycles. The monoisotopic (exact) mass is 420 g/mol. The van der Waals surface area contributed by atoms with Crippen LogP contribution in [0.1, 0.15) is 37.8 Å². The Morgan fingerprint density at radius 2 is 1.86 bits per heavy atom. The van der Waals surface area contributed by atoms with E-state index in [2.05, 4.69) is 5.32 Å². The topological polar surface area (TPSA) is 49.4 Å². The first-order valence-electron chi connectivity index (χ1n) is 9.47. The second-order valence-electron chi connectivity index (χ2n) is 6.71. The second kappa shape index (κ2) is 11.1. The maximum Gasteiger partial charge on any atom is 0.242 e. The average Bonchev–Trinajstić information content (AvgIpc) is 2.69. The van der Waals surface area contributed by atoms with E-state index in [1.807, 2.05) is 49.4 Å². The van der Waals surface area contributed by atoms with E-state index in [1.165, 1.54) is 0 Å². The second-order valence-corrected chi connectivity index (χ2v) is 7.55. The summed E-state index contributed by atoms with van der Waals surface area (Å²) in [5, 5.41) is 4.11. The van der Waals surface area contributed by atoms with Crippen LogP contribution in [0.2, 0.25) is 10.0 Å². The summed E-state index contributed by atoms with van der Waals surface area (Å²) >= 11 is 12.3. The van der Waals surface area contributed by atoms with Crippen LogP contribution in [0.3, 0.4) is 0 Å². The summed E-state index contributed by atoms with van der Waals surface area (Å²) in [6.07, 6.45) is 1.64. The average molecular weight is 421 g/mol. The van der Waals surface area contributed by atoms with Crippen molar-refractivity contribution in [2.45, 2.75) is 45.7 Å². The standard InChI is InChI=1S/C22H26Cl2N2O2/c1-3-13-25-22(28)16(2)26(15-17-7-6-9-19(23)14-17)21(27)12-11-18-8-4-5-10-20(18)24/h4-10,14,16H,3,11-13,15H2,1-2H3,(H,25,28)/t16-/m0/s1. The van der Waals surface area contributed by atoms with Crippen LogP contribution in [-0.2, 0) is 22.6 Å². The molecule has 0 fully saturated rings. The van der Waals surface area contributed by atoms with Gasteiger partial charge in [-0.05, 0) is 49.1 Å². The van der Waals surface area contributed by atoms with Crippen molar-refractivity contribution in [1.82, 2.24) is 10.2 Å². The number of carbonyl (C=O) groups is 2. The Hall–Kier alpha value is -2.04. The largest absolute Gasteiger partial charge is 0.354 e. The number of nitrogens with one attached hydrogen (secondary N) is 1. The molecule has 0 bridgehead atoms. The quantitative estimate of drug-likeness (QED) is 0.628. The van der Waals surface area contributed by atoms with Gasteiger partial charge < -0.3 is 10.2 Å².